The molecule has 0 heterocycles. The van der Waals surface area contributed by atoms with E-state index in [0.717, 1.165) is 11.5 Å². The van der Waals surface area contributed by atoms with Crippen molar-refractivity contribution in [1.29, 1.82) is 0 Å². The third-order valence-electron chi connectivity index (χ3n) is 2.35. The number of halogens is 1. The van der Waals surface area contributed by atoms with E-state index in [0.29, 0.717) is 0 Å². The smallest absolute Gasteiger partial charge is 0.0585 e. The fraction of sp³-hybridized carbons (Fsp3) is 0.364. The highest BCUT2D eigenvalue weighted by Gasteiger charge is 2.22. The highest BCUT2D eigenvalue weighted by Crippen LogP contribution is 2.40. The average Bonchev–Trinajstić information content (AvgIpc) is 2.87. The Balaban J connectivity index is 2.18. The second-order valence-corrected chi connectivity index (χ2v) is 3.94. The normalized spacial score (nSPS) is 19.2. The van der Waals surface area contributed by atoms with Crippen LogP contribution in [0.5, 0.6) is 0 Å². The Kier molecular flexibility index (Phi) is 2.10. The van der Waals surface area contributed by atoms with Gasteiger partial charge in [-0.05, 0) is 36.8 Å². The molecule has 1 aliphatic rings. The summed E-state index contributed by atoms with van der Waals surface area (Å²) >= 11 is 5.84. The molecule has 1 atom stereocenters. The maximum atomic E-state index is 5.84. The van der Waals surface area contributed by atoms with Crippen LogP contribution in [0.2, 0.25) is 0 Å². The molecular formula is C11H12Cl. The van der Waals surface area contributed by atoms with E-state index in [1.165, 1.54) is 18.4 Å². The summed E-state index contributed by atoms with van der Waals surface area (Å²) in [5, 5.41) is -0.113. The summed E-state index contributed by atoms with van der Waals surface area (Å²) in [6, 6.07) is 8.51. The van der Waals surface area contributed by atoms with Crippen molar-refractivity contribution in [3.05, 3.63) is 42.3 Å². The van der Waals surface area contributed by atoms with Crippen LogP contribution in [0.25, 0.3) is 0 Å². The molecule has 0 nitrogen and oxygen atoms in total. The van der Waals surface area contributed by atoms with E-state index in [1.54, 1.807) is 0 Å². The summed E-state index contributed by atoms with van der Waals surface area (Å²) in [6.45, 7) is 3.76. The van der Waals surface area contributed by atoms with E-state index in [9.17, 15) is 0 Å². The van der Waals surface area contributed by atoms with E-state index in [-0.39, 0.29) is 5.38 Å². The first-order valence-electron chi connectivity index (χ1n) is 4.34. The zero-order chi connectivity index (χ0) is 8.55. The van der Waals surface area contributed by atoms with Crippen LogP contribution in [-0.2, 0) is 0 Å². The molecule has 1 saturated carbocycles. The summed E-state index contributed by atoms with van der Waals surface area (Å²) in [5.74, 6) is 0.831. The van der Waals surface area contributed by atoms with Gasteiger partial charge in [0.1, 0.15) is 0 Å². The van der Waals surface area contributed by atoms with Gasteiger partial charge in [-0.15, -0.1) is 11.6 Å². The minimum absolute atomic E-state index is 0.113. The van der Waals surface area contributed by atoms with Gasteiger partial charge in [-0.2, -0.15) is 0 Å². The first-order valence-corrected chi connectivity index (χ1v) is 4.78. The van der Waals surface area contributed by atoms with E-state index in [4.69, 9.17) is 11.6 Å². The second kappa shape index (κ2) is 3.10. The van der Waals surface area contributed by atoms with Gasteiger partial charge in [0.2, 0.25) is 0 Å². The predicted molar refractivity (Wildman–Crippen MR) is 52.4 cm³/mol. The van der Waals surface area contributed by atoms with Crippen molar-refractivity contribution < 1.29 is 0 Å². The van der Waals surface area contributed by atoms with Crippen molar-refractivity contribution in [2.24, 2.45) is 0 Å². The largest absolute Gasteiger partial charge is 0.118 e. The molecule has 1 aromatic rings. The van der Waals surface area contributed by atoms with Crippen LogP contribution in [0.4, 0.5) is 0 Å². The molecule has 0 saturated heterocycles. The van der Waals surface area contributed by atoms with Crippen LogP contribution in [0, 0.1) is 6.92 Å². The van der Waals surface area contributed by atoms with E-state index in [1.807, 2.05) is 0 Å². The maximum Gasteiger partial charge on any atom is 0.0585 e. The Morgan fingerprint density at radius 3 is 2.25 bits per heavy atom. The van der Waals surface area contributed by atoms with Gasteiger partial charge in [0.05, 0.1) is 5.38 Å². The summed E-state index contributed by atoms with van der Waals surface area (Å²) < 4.78 is 0. The predicted octanol–water partition coefficient (Wildman–Crippen LogP) is 3.68. The zero-order valence-electron chi connectivity index (χ0n) is 6.96. The molecule has 1 unspecified atom stereocenters. The van der Waals surface area contributed by atoms with Crippen LogP contribution in [0.3, 0.4) is 0 Å². The van der Waals surface area contributed by atoms with Crippen LogP contribution >= 0.6 is 11.6 Å². The lowest BCUT2D eigenvalue weighted by Crippen LogP contribution is -1.85. The first-order chi connectivity index (χ1) is 5.77. The number of rotatable bonds is 2. The minimum atomic E-state index is -0.113. The van der Waals surface area contributed by atoms with Crippen molar-refractivity contribution in [2.45, 2.75) is 24.1 Å². The van der Waals surface area contributed by atoms with Crippen LogP contribution in [0.15, 0.2) is 24.3 Å². The minimum Gasteiger partial charge on any atom is -0.118 e. The number of hydrogen-bond acceptors (Lipinski definition) is 0. The Morgan fingerprint density at radius 2 is 1.83 bits per heavy atom. The van der Waals surface area contributed by atoms with Gasteiger partial charge >= 0.3 is 0 Å². The molecule has 1 aromatic carbocycles. The van der Waals surface area contributed by atoms with Gasteiger partial charge < -0.3 is 0 Å². The lowest BCUT2D eigenvalue weighted by molar-refractivity contribution is 1.11. The molecule has 1 radical (unpaired) electrons. The molecule has 63 valence electrons. The fourth-order valence-electron chi connectivity index (χ4n) is 1.39. The summed E-state index contributed by atoms with van der Waals surface area (Å²) in [6.07, 6.45) is 2.71. The van der Waals surface area contributed by atoms with Crippen molar-refractivity contribution >= 4 is 11.6 Å². The van der Waals surface area contributed by atoms with Gasteiger partial charge in [-0.3, -0.25) is 0 Å². The van der Waals surface area contributed by atoms with Crippen molar-refractivity contribution in [2.75, 3.05) is 0 Å². The SMILES string of the molecule is [CH2]C(Cl)c1ccc(C2CC2)cc1. The maximum absolute atomic E-state index is 5.84. The Bertz CT molecular complexity index is 236. The molecule has 0 spiro atoms. The van der Waals surface area contributed by atoms with Crippen molar-refractivity contribution in [1.82, 2.24) is 0 Å². The standard InChI is InChI=1S/C11H12Cl/c1-8(12)9-2-4-10(5-3-9)11-6-7-11/h2-5,8,11H,1,6-7H2. The molecule has 1 heteroatoms. The monoisotopic (exact) mass is 179 g/mol. The molecule has 0 aliphatic heterocycles. The Labute approximate surface area is 78.6 Å². The van der Waals surface area contributed by atoms with Gasteiger partial charge in [0, 0.05) is 0 Å². The van der Waals surface area contributed by atoms with E-state index < -0.39 is 0 Å². The summed E-state index contributed by atoms with van der Waals surface area (Å²) in [4.78, 5) is 0. The van der Waals surface area contributed by atoms with Crippen molar-refractivity contribution in [3.63, 3.8) is 0 Å². The molecule has 0 bridgehead atoms. The molecule has 12 heavy (non-hydrogen) atoms. The third-order valence-corrected chi connectivity index (χ3v) is 2.60. The van der Waals surface area contributed by atoms with Gasteiger partial charge in [-0.25, -0.2) is 0 Å². The molecule has 0 N–H and O–H groups in total. The van der Waals surface area contributed by atoms with Gasteiger partial charge in [-0.1, -0.05) is 24.3 Å². The summed E-state index contributed by atoms with van der Waals surface area (Å²) in [7, 11) is 0. The van der Waals surface area contributed by atoms with Crippen molar-refractivity contribution in [3.8, 4) is 0 Å². The average molecular weight is 180 g/mol. The fourth-order valence-corrected chi connectivity index (χ4v) is 1.54. The van der Waals surface area contributed by atoms with Crippen LogP contribution in [-0.4, -0.2) is 0 Å². The van der Waals surface area contributed by atoms with E-state index in [2.05, 4.69) is 31.2 Å². The lowest BCUT2D eigenvalue weighted by atomic mass is 10.1. The van der Waals surface area contributed by atoms with E-state index >= 15 is 0 Å². The highest BCUT2D eigenvalue weighted by atomic mass is 35.5. The van der Waals surface area contributed by atoms with Crippen LogP contribution in [0.1, 0.15) is 35.3 Å². The third kappa shape index (κ3) is 1.64. The molecule has 1 fully saturated rings. The van der Waals surface area contributed by atoms with Crippen LogP contribution < -0.4 is 0 Å². The van der Waals surface area contributed by atoms with Gasteiger partial charge in [0.15, 0.2) is 0 Å². The molecule has 2 rings (SSSR count). The summed E-state index contributed by atoms with van der Waals surface area (Å²) in [5.41, 5.74) is 2.57. The quantitative estimate of drug-likeness (QED) is 0.608. The topological polar surface area (TPSA) is 0 Å². The zero-order valence-corrected chi connectivity index (χ0v) is 7.72. The molecule has 0 amide bonds. The highest BCUT2D eigenvalue weighted by molar-refractivity contribution is 6.21. The number of benzene rings is 1. The molecule has 0 aromatic heterocycles. The number of alkyl halides is 1. The lowest BCUT2D eigenvalue weighted by Gasteiger charge is -2.03. The first kappa shape index (κ1) is 8.12. The Morgan fingerprint density at radius 1 is 1.25 bits per heavy atom. The Hall–Kier alpha value is -0.490. The second-order valence-electron chi connectivity index (χ2n) is 3.41. The molecular weight excluding hydrogens is 168 g/mol. The number of hydrogen-bond donors (Lipinski definition) is 0. The molecule has 1 aliphatic carbocycles. The van der Waals surface area contributed by atoms with Gasteiger partial charge in [0.25, 0.3) is 0 Å².